The van der Waals surface area contributed by atoms with Crippen molar-refractivity contribution in [1.29, 1.82) is 0 Å². The van der Waals surface area contributed by atoms with Crippen LogP contribution in [0.15, 0.2) is 84.6 Å². The lowest BCUT2D eigenvalue weighted by atomic mass is 9.94. The molecule has 0 bridgehead atoms. The normalized spacial score (nSPS) is 13.9. The zero-order valence-electron chi connectivity index (χ0n) is 33.2. The molecule has 1 aliphatic heterocycles. The van der Waals surface area contributed by atoms with Crippen molar-refractivity contribution in [2.75, 3.05) is 13.7 Å². The first-order chi connectivity index (χ1) is 26.6. The maximum absolute atomic E-state index is 12.4. The number of carbonyl (C=O) groups is 4. The first-order valence-electron chi connectivity index (χ1n) is 19.5. The molecule has 1 aliphatic rings. The van der Waals surface area contributed by atoms with E-state index in [0.717, 1.165) is 49.7 Å². The number of aromatic hydroxyl groups is 1. The SMILES string of the molecule is CCC=CCC=CCC=CCC=CCC=CCC=CCCC(=O)NC(CCCCNC(=O)CCC(C)=CCc1c(O)c2c(c(C)c1OC)COC2=O)C(=O)O. The van der Waals surface area contributed by atoms with Crippen molar-refractivity contribution in [1.82, 2.24) is 10.6 Å². The lowest BCUT2D eigenvalue weighted by molar-refractivity contribution is -0.142. The number of phenols is 1. The van der Waals surface area contributed by atoms with Gasteiger partial charge in [0.2, 0.25) is 11.8 Å². The van der Waals surface area contributed by atoms with E-state index in [1.807, 2.05) is 32.1 Å². The molecule has 1 aromatic carbocycles. The van der Waals surface area contributed by atoms with Gasteiger partial charge < -0.3 is 30.3 Å². The van der Waals surface area contributed by atoms with E-state index in [2.05, 4.69) is 78.3 Å². The minimum Gasteiger partial charge on any atom is -0.507 e. The van der Waals surface area contributed by atoms with Crippen LogP contribution in [0.5, 0.6) is 11.5 Å². The summed E-state index contributed by atoms with van der Waals surface area (Å²) in [6.45, 7) is 6.38. The van der Waals surface area contributed by atoms with E-state index in [9.17, 15) is 29.4 Å². The summed E-state index contributed by atoms with van der Waals surface area (Å²) in [5.41, 5.74) is 3.03. The maximum Gasteiger partial charge on any atom is 0.342 e. The molecule has 0 radical (unpaired) electrons. The third-order valence-electron chi connectivity index (χ3n) is 9.06. The molecule has 55 heavy (non-hydrogen) atoms. The highest BCUT2D eigenvalue weighted by molar-refractivity contribution is 5.98. The second kappa shape index (κ2) is 27.5. The number of phenolic OH excluding ortho intramolecular Hbond substituents is 1. The fourth-order valence-corrected chi connectivity index (χ4v) is 5.88. The Hall–Kier alpha value is -5.12. The van der Waals surface area contributed by atoms with Gasteiger partial charge in [0.05, 0.1) is 7.11 Å². The van der Waals surface area contributed by atoms with Crippen LogP contribution in [-0.2, 0) is 32.1 Å². The molecule has 4 N–H and O–H groups in total. The van der Waals surface area contributed by atoms with Gasteiger partial charge in [0, 0.05) is 30.5 Å². The van der Waals surface area contributed by atoms with Gasteiger partial charge in [-0.1, -0.05) is 91.5 Å². The van der Waals surface area contributed by atoms with Crippen LogP contribution in [0, 0.1) is 6.92 Å². The summed E-state index contributed by atoms with van der Waals surface area (Å²) in [6.07, 6.45) is 36.3. The van der Waals surface area contributed by atoms with Gasteiger partial charge >= 0.3 is 11.9 Å². The molecule has 1 atom stereocenters. The van der Waals surface area contributed by atoms with E-state index in [-0.39, 0.29) is 49.0 Å². The fourth-order valence-electron chi connectivity index (χ4n) is 5.88. The predicted octanol–water partition coefficient (Wildman–Crippen LogP) is 8.98. The zero-order chi connectivity index (χ0) is 40.3. The number of aliphatic carboxylic acids is 1. The topological polar surface area (TPSA) is 151 Å². The van der Waals surface area contributed by atoms with Crippen LogP contribution in [0.3, 0.4) is 0 Å². The van der Waals surface area contributed by atoms with Crippen LogP contribution in [0.25, 0.3) is 0 Å². The number of fused-ring (bicyclic) bond motifs is 1. The minimum atomic E-state index is -1.07. The monoisotopic (exact) mass is 758 g/mol. The Morgan fingerprint density at radius 2 is 1.42 bits per heavy atom. The van der Waals surface area contributed by atoms with Crippen molar-refractivity contribution in [2.24, 2.45) is 0 Å². The third-order valence-corrected chi connectivity index (χ3v) is 9.06. The molecule has 2 amide bonds. The number of cyclic esters (lactones) is 1. The van der Waals surface area contributed by atoms with E-state index < -0.39 is 18.0 Å². The number of hydrogen-bond acceptors (Lipinski definition) is 7. The number of hydrogen-bond donors (Lipinski definition) is 4. The number of unbranched alkanes of at least 4 members (excludes halogenated alkanes) is 1. The van der Waals surface area contributed by atoms with Crippen molar-refractivity contribution in [3.63, 3.8) is 0 Å². The molecule has 1 heterocycles. The Balaban J connectivity index is 1.57. The standard InChI is InChI=1S/C45H62N2O8/c1-5-6-7-8-9-10-11-12-13-14-15-16-17-18-19-20-21-22-23-27-40(49)47-38(44(51)52)26-24-25-32-46-39(48)31-29-34(2)28-30-36-42(50)41-37(33-55-45(41)53)35(3)43(36)54-4/h6-7,9-10,12-13,15-16,18-19,21-22,28,38,50H,5,8,11,14,17,20,23-27,29-33H2,1-4H3,(H,46,48)(H,47,49)(H,51,52). The van der Waals surface area contributed by atoms with E-state index in [1.165, 1.54) is 7.11 Å². The highest BCUT2D eigenvalue weighted by atomic mass is 16.5. The first kappa shape index (κ1) is 46.0. The molecule has 0 spiro atoms. The summed E-state index contributed by atoms with van der Waals surface area (Å²) < 4.78 is 10.6. The molecule has 0 saturated carbocycles. The van der Waals surface area contributed by atoms with Gasteiger partial charge in [0.25, 0.3) is 0 Å². The largest absolute Gasteiger partial charge is 0.507 e. The Morgan fingerprint density at radius 1 is 0.836 bits per heavy atom. The number of rotatable bonds is 27. The molecule has 300 valence electrons. The van der Waals surface area contributed by atoms with Crippen molar-refractivity contribution in [2.45, 2.75) is 123 Å². The van der Waals surface area contributed by atoms with Gasteiger partial charge in [-0.15, -0.1) is 0 Å². The van der Waals surface area contributed by atoms with Crippen LogP contribution in [0.2, 0.25) is 0 Å². The summed E-state index contributed by atoms with van der Waals surface area (Å²) in [6, 6.07) is -0.973. The molecule has 0 fully saturated rings. The summed E-state index contributed by atoms with van der Waals surface area (Å²) in [4.78, 5) is 48.6. The smallest absolute Gasteiger partial charge is 0.342 e. The van der Waals surface area contributed by atoms with Crippen LogP contribution in [0.4, 0.5) is 0 Å². The van der Waals surface area contributed by atoms with Crippen molar-refractivity contribution >= 4 is 23.8 Å². The molecule has 1 aromatic rings. The second-order valence-corrected chi connectivity index (χ2v) is 13.4. The summed E-state index contributed by atoms with van der Waals surface area (Å²) in [7, 11) is 1.52. The van der Waals surface area contributed by atoms with E-state index in [0.29, 0.717) is 55.5 Å². The first-order valence-corrected chi connectivity index (χ1v) is 19.5. The van der Waals surface area contributed by atoms with Gasteiger partial charge in [-0.2, -0.15) is 0 Å². The minimum absolute atomic E-state index is 0.108. The molecular formula is C45H62N2O8. The zero-order valence-corrected chi connectivity index (χ0v) is 33.2. The number of nitrogens with one attached hydrogen (secondary N) is 2. The van der Waals surface area contributed by atoms with E-state index in [1.54, 1.807) is 0 Å². The molecule has 0 saturated heterocycles. The van der Waals surface area contributed by atoms with Crippen molar-refractivity contribution < 1.29 is 38.9 Å². The molecule has 1 unspecified atom stereocenters. The van der Waals surface area contributed by atoms with Crippen LogP contribution >= 0.6 is 0 Å². The number of ether oxygens (including phenoxy) is 2. The molecule has 10 heteroatoms. The van der Waals surface area contributed by atoms with Gasteiger partial charge in [-0.25, -0.2) is 9.59 Å². The number of methoxy groups -OCH3 is 1. The summed E-state index contributed by atoms with van der Waals surface area (Å²) >= 11 is 0. The average Bonchev–Trinajstić information content (AvgIpc) is 3.56. The average molecular weight is 759 g/mol. The number of benzene rings is 1. The van der Waals surface area contributed by atoms with Gasteiger partial charge in [-0.05, 0) is 96.5 Å². The third kappa shape index (κ3) is 18.2. The molecule has 0 aliphatic carbocycles. The summed E-state index contributed by atoms with van der Waals surface area (Å²) in [5, 5.41) is 25.9. The molecule has 10 nitrogen and oxygen atoms in total. The molecular weight excluding hydrogens is 697 g/mol. The fraction of sp³-hybridized carbons (Fsp3) is 0.467. The van der Waals surface area contributed by atoms with E-state index in [4.69, 9.17) is 9.47 Å². The number of amides is 2. The lowest BCUT2D eigenvalue weighted by Gasteiger charge is -2.15. The maximum atomic E-state index is 12.4. The van der Waals surface area contributed by atoms with Gasteiger partial charge in [0.1, 0.15) is 29.7 Å². The lowest BCUT2D eigenvalue weighted by Crippen LogP contribution is -2.40. The van der Waals surface area contributed by atoms with E-state index >= 15 is 0 Å². The predicted molar refractivity (Wildman–Crippen MR) is 219 cm³/mol. The van der Waals surface area contributed by atoms with Crippen LogP contribution < -0.4 is 15.4 Å². The number of carboxylic acids is 1. The molecule has 2 rings (SSSR count). The van der Waals surface area contributed by atoms with Crippen molar-refractivity contribution in [3.8, 4) is 11.5 Å². The number of carboxylic acid groups (broad SMARTS) is 1. The van der Waals surface area contributed by atoms with Crippen molar-refractivity contribution in [3.05, 3.63) is 107 Å². The van der Waals surface area contributed by atoms with Crippen LogP contribution in [0.1, 0.15) is 124 Å². The number of esters is 1. The Kier molecular flexibility index (Phi) is 23.0. The molecule has 0 aromatic heterocycles. The Bertz CT molecular complexity index is 1610. The number of allylic oxidation sites excluding steroid dienone is 14. The highest BCUT2D eigenvalue weighted by Crippen LogP contribution is 2.42. The Labute approximate surface area is 327 Å². The van der Waals surface area contributed by atoms with Gasteiger partial charge in [0.15, 0.2) is 0 Å². The Morgan fingerprint density at radius 3 is 1.98 bits per heavy atom. The quantitative estimate of drug-likeness (QED) is 0.0394. The van der Waals surface area contributed by atoms with Gasteiger partial charge in [-0.3, -0.25) is 9.59 Å². The summed E-state index contributed by atoms with van der Waals surface area (Å²) in [5.74, 6) is -1.66. The van der Waals surface area contributed by atoms with Crippen LogP contribution in [-0.4, -0.2) is 53.7 Å². The highest BCUT2D eigenvalue weighted by Gasteiger charge is 2.31. The second-order valence-electron chi connectivity index (χ2n) is 13.4. The number of carbonyl (C=O) groups excluding carboxylic acids is 3.